The molecule has 0 fully saturated rings. The summed E-state index contributed by atoms with van der Waals surface area (Å²) in [6, 6.07) is 11.6. The van der Waals surface area contributed by atoms with Crippen LogP contribution < -0.4 is 14.8 Å². The molecule has 1 heterocycles. The lowest BCUT2D eigenvalue weighted by Gasteiger charge is -2.36. The summed E-state index contributed by atoms with van der Waals surface area (Å²) in [5.74, 6) is -0.421. The van der Waals surface area contributed by atoms with Crippen molar-refractivity contribution in [3.8, 4) is 11.5 Å². The van der Waals surface area contributed by atoms with Gasteiger partial charge in [0.25, 0.3) is 0 Å². The lowest BCUT2D eigenvalue weighted by Crippen LogP contribution is -2.36. The highest BCUT2D eigenvalue weighted by atomic mass is 19.1. The Morgan fingerprint density at radius 3 is 2.27 bits per heavy atom. The molecule has 1 N–H and O–H groups in total. The minimum absolute atomic E-state index is 0.0632. The van der Waals surface area contributed by atoms with Crippen LogP contribution in [0, 0.1) is 5.82 Å². The quantitative estimate of drug-likeness (QED) is 0.681. The van der Waals surface area contributed by atoms with Crippen molar-refractivity contribution in [2.24, 2.45) is 0 Å². The number of hydrogen-bond acceptors (Lipinski definition) is 6. The Hall–Kier alpha value is -3.61. The summed E-state index contributed by atoms with van der Waals surface area (Å²) < 4.78 is 29.4. The van der Waals surface area contributed by atoms with Gasteiger partial charge in [0.1, 0.15) is 5.82 Å². The zero-order chi connectivity index (χ0) is 23.7. The molecule has 0 radical (unpaired) electrons. The van der Waals surface area contributed by atoms with E-state index in [1.165, 1.54) is 19.2 Å². The lowest BCUT2D eigenvalue weighted by molar-refractivity contribution is -0.136. The largest absolute Gasteiger partial charge is 0.493 e. The highest BCUT2D eigenvalue weighted by Crippen LogP contribution is 2.46. The summed E-state index contributed by atoms with van der Waals surface area (Å²) in [5.41, 5.74) is 3.92. The number of ketones is 1. The molecule has 0 spiro atoms. The standard InChI is InChI=1S/C26H26FNO5/c1-14-23(26(30)33-4)24(15-5-8-18(27)9-6-15)25-19(28-14)11-17(12-20(25)29)16-7-10-21(31-2)22(13-16)32-3/h5-10,13,17,24,28H,11-12H2,1-4H3/t17-,24-/m1/s1. The van der Waals surface area contributed by atoms with E-state index in [2.05, 4.69) is 5.32 Å². The first-order valence-corrected chi connectivity index (χ1v) is 10.7. The topological polar surface area (TPSA) is 73.9 Å². The van der Waals surface area contributed by atoms with Crippen LogP contribution >= 0.6 is 0 Å². The Balaban J connectivity index is 1.77. The van der Waals surface area contributed by atoms with Crippen LogP contribution in [0.4, 0.5) is 4.39 Å². The summed E-state index contributed by atoms with van der Waals surface area (Å²) in [5, 5.41) is 3.28. The molecule has 33 heavy (non-hydrogen) atoms. The number of methoxy groups -OCH3 is 3. The van der Waals surface area contributed by atoms with Gasteiger partial charge >= 0.3 is 5.97 Å². The maximum absolute atomic E-state index is 13.6. The molecule has 1 aliphatic carbocycles. The average molecular weight is 451 g/mol. The molecule has 1 aliphatic heterocycles. The van der Waals surface area contributed by atoms with Crippen molar-refractivity contribution in [3.63, 3.8) is 0 Å². The number of halogens is 1. The molecule has 4 rings (SSSR count). The number of dihydropyridines is 1. The highest BCUT2D eigenvalue weighted by Gasteiger charge is 2.41. The van der Waals surface area contributed by atoms with Crippen LogP contribution in [0.2, 0.25) is 0 Å². The average Bonchev–Trinajstić information content (AvgIpc) is 2.82. The Morgan fingerprint density at radius 2 is 1.64 bits per heavy atom. The van der Waals surface area contributed by atoms with Crippen LogP contribution in [0.1, 0.15) is 42.7 Å². The number of rotatable bonds is 5. The first-order valence-electron chi connectivity index (χ1n) is 10.7. The minimum Gasteiger partial charge on any atom is -0.493 e. The predicted octanol–water partition coefficient (Wildman–Crippen LogP) is 4.38. The number of ether oxygens (including phenoxy) is 3. The number of carbonyl (C=O) groups excluding carboxylic acids is 2. The van der Waals surface area contributed by atoms with Gasteiger partial charge in [-0.25, -0.2) is 9.18 Å². The number of Topliss-reactive ketones (excluding diaryl/α,β-unsaturated/α-hetero) is 1. The van der Waals surface area contributed by atoms with Crippen LogP contribution in [0.5, 0.6) is 11.5 Å². The first-order chi connectivity index (χ1) is 15.9. The number of esters is 1. The van der Waals surface area contributed by atoms with Crippen LogP contribution in [0.15, 0.2) is 65.0 Å². The number of allylic oxidation sites excluding steroid dienone is 3. The van der Waals surface area contributed by atoms with Crippen LogP contribution in [0.25, 0.3) is 0 Å². The second-order valence-electron chi connectivity index (χ2n) is 8.17. The van der Waals surface area contributed by atoms with Crippen molar-refractivity contribution >= 4 is 11.8 Å². The second kappa shape index (κ2) is 9.10. The fourth-order valence-electron chi connectivity index (χ4n) is 4.75. The Bertz CT molecular complexity index is 1170. The monoisotopic (exact) mass is 451 g/mol. The van der Waals surface area contributed by atoms with Crippen molar-refractivity contribution < 1.29 is 28.2 Å². The maximum Gasteiger partial charge on any atom is 0.336 e. The van der Waals surface area contributed by atoms with Gasteiger partial charge in [0.15, 0.2) is 17.3 Å². The van der Waals surface area contributed by atoms with Gasteiger partial charge in [0.2, 0.25) is 0 Å². The van der Waals surface area contributed by atoms with Crippen molar-refractivity contribution in [2.75, 3.05) is 21.3 Å². The van der Waals surface area contributed by atoms with Crippen molar-refractivity contribution in [2.45, 2.75) is 31.6 Å². The third-order valence-electron chi connectivity index (χ3n) is 6.32. The normalized spacial score (nSPS) is 20.2. The van der Waals surface area contributed by atoms with E-state index in [0.717, 1.165) is 11.3 Å². The van der Waals surface area contributed by atoms with E-state index < -0.39 is 11.9 Å². The summed E-state index contributed by atoms with van der Waals surface area (Å²) in [4.78, 5) is 26.2. The van der Waals surface area contributed by atoms with Gasteiger partial charge in [-0.05, 0) is 54.7 Å². The second-order valence-corrected chi connectivity index (χ2v) is 8.17. The fraction of sp³-hybridized carbons (Fsp3) is 0.308. The molecular formula is C26H26FNO5. The predicted molar refractivity (Wildman–Crippen MR) is 121 cm³/mol. The van der Waals surface area contributed by atoms with Gasteiger partial charge in [0, 0.05) is 29.3 Å². The molecule has 6 nitrogen and oxygen atoms in total. The minimum atomic E-state index is -0.617. The number of benzene rings is 2. The van der Waals surface area contributed by atoms with Crippen LogP contribution in [0.3, 0.4) is 0 Å². The van der Waals surface area contributed by atoms with E-state index in [-0.39, 0.29) is 23.9 Å². The smallest absolute Gasteiger partial charge is 0.336 e. The van der Waals surface area contributed by atoms with Gasteiger partial charge in [-0.15, -0.1) is 0 Å². The maximum atomic E-state index is 13.6. The van der Waals surface area contributed by atoms with Gasteiger partial charge in [-0.2, -0.15) is 0 Å². The molecule has 0 aromatic heterocycles. The van der Waals surface area contributed by atoms with Gasteiger partial charge in [0.05, 0.1) is 26.9 Å². The third kappa shape index (κ3) is 4.11. The van der Waals surface area contributed by atoms with Gasteiger partial charge in [-0.3, -0.25) is 4.79 Å². The number of carbonyl (C=O) groups is 2. The van der Waals surface area contributed by atoms with Gasteiger partial charge in [-0.1, -0.05) is 18.2 Å². The Morgan fingerprint density at radius 1 is 0.970 bits per heavy atom. The summed E-state index contributed by atoms with van der Waals surface area (Å²) in [6.45, 7) is 1.79. The highest BCUT2D eigenvalue weighted by molar-refractivity contribution is 6.04. The summed E-state index contributed by atoms with van der Waals surface area (Å²) in [6.07, 6.45) is 0.862. The SMILES string of the molecule is COC(=O)C1=C(C)NC2=C(C(=O)C[C@H](c3ccc(OC)c(OC)c3)C2)[C@@H]1c1ccc(F)cc1. The van der Waals surface area contributed by atoms with E-state index in [9.17, 15) is 14.0 Å². The van der Waals surface area contributed by atoms with Crippen molar-refractivity contribution in [1.82, 2.24) is 5.32 Å². The molecule has 0 amide bonds. The molecule has 2 aliphatic rings. The van der Waals surface area contributed by atoms with Crippen molar-refractivity contribution in [3.05, 3.63) is 81.9 Å². The summed E-state index contributed by atoms with van der Waals surface area (Å²) in [7, 11) is 4.46. The molecule has 2 aromatic rings. The molecule has 2 aromatic carbocycles. The molecular weight excluding hydrogens is 425 g/mol. The molecule has 172 valence electrons. The van der Waals surface area contributed by atoms with Crippen LogP contribution in [-0.2, 0) is 14.3 Å². The molecule has 7 heteroatoms. The Labute approximate surface area is 192 Å². The van der Waals surface area contributed by atoms with E-state index in [1.807, 2.05) is 18.2 Å². The summed E-state index contributed by atoms with van der Waals surface area (Å²) >= 11 is 0. The van der Waals surface area contributed by atoms with E-state index in [1.54, 1.807) is 33.3 Å². The number of hydrogen-bond donors (Lipinski definition) is 1. The first kappa shape index (κ1) is 22.6. The lowest BCUT2D eigenvalue weighted by atomic mass is 9.71. The fourth-order valence-corrected chi connectivity index (χ4v) is 4.75. The molecule has 0 unspecified atom stereocenters. The zero-order valence-corrected chi connectivity index (χ0v) is 19.0. The van der Waals surface area contributed by atoms with E-state index in [0.29, 0.717) is 40.3 Å². The molecule has 0 saturated carbocycles. The third-order valence-corrected chi connectivity index (χ3v) is 6.32. The van der Waals surface area contributed by atoms with Crippen molar-refractivity contribution in [1.29, 1.82) is 0 Å². The van der Waals surface area contributed by atoms with E-state index >= 15 is 0 Å². The molecule has 2 atom stereocenters. The Kier molecular flexibility index (Phi) is 6.22. The number of nitrogens with one attached hydrogen (secondary N) is 1. The zero-order valence-electron chi connectivity index (χ0n) is 19.0. The molecule has 0 saturated heterocycles. The van der Waals surface area contributed by atoms with E-state index in [4.69, 9.17) is 14.2 Å². The van der Waals surface area contributed by atoms with Gasteiger partial charge < -0.3 is 19.5 Å². The molecule has 0 bridgehead atoms. The van der Waals surface area contributed by atoms with Crippen LogP contribution in [-0.4, -0.2) is 33.1 Å².